The third-order valence-electron chi connectivity index (χ3n) is 24.8. The number of hydrogen-bond acceptors (Lipinski definition) is 21. The van der Waals surface area contributed by atoms with Crippen molar-refractivity contribution in [1.29, 1.82) is 0 Å². The lowest BCUT2D eigenvalue weighted by Crippen LogP contribution is -2.51. The molecule has 12 aromatic rings. The van der Waals surface area contributed by atoms with Crippen LogP contribution < -0.4 is 20.0 Å². The number of fused-ring (bicyclic) bond motifs is 8. The highest BCUT2D eigenvalue weighted by atomic mass is 19.1. The van der Waals surface area contributed by atoms with E-state index < -0.39 is 17.5 Å². The number of carbonyl (C=O) groups excluding carboxylic acids is 4. The molecule has 4 aliphatic carbocycles. The van der Waals surface area contributed by atoms with Gasteiger partial charge in [-0.1, -0.05) is 47.6 Å². The summed E-state index contributed by atoms with van der Waals surface area (Å²) >= 11 is 0. The highest BCUT2D eigenvalue weighted by Crippen LogP contribution is 2.46. The minimum atomic E-state index is -0.515. The van der Waals surface area contributed by atoms with Crippen molar-refractivity contribution in [2.75, 3.05) is 67.3 Å². The molecule has 12 unspecified atom stereocenters. The average Bonchev–Trinajstić information content (AvgIpc) is 1.61. The molecule has 0 spiro atoms. The monoisotopic (exact) mass is 1610 g/mol. The van der Waals surface area contributed by atoms with Crippen molar-refractivity contribution in [3.63, 3.8) is 0 Å². The average molecular weight is 1610 g/mol. The maximum atomic E-state index is 14.6. The van der Waals surface area contributed by atoms with E-state index in [-0.39, 0.29) is 94.7 Å². The van der Waals surface area contributed by atoms with Gasteiger partial charge in [0.15, 0.2) is 11.6 Å². The molecular formula is C88H92F3N23O5. The number of amides is 4. The molecule has 4 saturated heterocycles. The Labute approximate surface area is 686 Å². The van der Waals surface area contributed by atoms with Crippen molar-refractivity contribution >= 4 is 46.9 Å². The predicted octanol–water partition coefficient (Wildman–Crippen LogP) is 12.0. The molecule has 0 radical (unpaired) electrons. The highest BCUT2D eigenvalue weighted by Gasteiger charge is 2.53. The largest absolute Gasteiger partial charge is 0.365 e. The summed E-state index contributed by atoms with van der Waals surface area (Å²) in [6.45, 7) is 12.6. The highest BCUT2D eigenvalue weighted by molar-refractivity contribution is 6.01. The number of nitrogens with one attached hydrogen (secondary N) is 1. The van der Waals surface area contributed by atoms with Crippen LogP contribution in [0.1, 0.15) is 121 Å². The molecule has 1 N–H and O–H groups in total. The summed E-state index contributed by atoms with van der Waals surface area (Å²) < 4.78 is 47.8. The summed E-state index contributed by atoms with van der Waals surface area (Å²) in [6.07, 6.45) is 24.8. The molecule has 4 saturated carbocycles. The van der Waals surface area contributed by atoms with E-state index in [1.807, 2.05) is 147 Å². The van der Waals surface area contributed by atoms with Crippen LogP contribution in [0.3, 0.4) is 0 Å². The number of aryl methyl sites for hydroxylation is 5. The number of anilines is 4. The molecule has 12 atom stereocenters. The maximum Gasteiger partial charge on any atom is 0.258 e. The second-order valence-electron chi connectivity index (χ2n) is 32.6. The lowest BCUT2D eigenvalue weighted by atomic mass is 10.0. The van der Waals surface area contributed by atoms with E-state index in [2.05, 4.69) is 99.9 Å². The molecule has 119 heavy (non-hydrogen) atoms. The van der Waals surface area contributed by atoms with Gasteiger partial charge in [0.25, 0.3) is 29.5 Å². The summed E-state index contributed by atoms with van der Waals surface area (Å²) in [4.78, 5) is 94.7. The Morgan fingerprint density at radius 3 is 1.30 bits per heavy atom. The van der Waals surface area contributed by atoms with Gasteiger partial charge >= 0.3 is 0 Å². The lowest BCUT2D eigenvalue weighted by Gasteiger charge is -2.39. The summed E-state index contributed by atoms with van der Waals surface area (Å²) in [5.74, 6) is 4.17. The van der Waals surface area contributed by atoms with Gasteiger partial charge in [-0.25, -0.2) is 33.1 Å². The predicted molar refractivity (Wildman–Crippen MR) is 438 cm³/mol. The van der Waals surface area contributed by atoms with Crippen LogP contribution in [0.25, 0.3) is 28.5 Å². The number of likely N-dealkylation sites (N-methyl/N-ethyl adjacent to an activating group) is 3. The van der Waals surface area contributed by atoms with Gasteiger partial charge in [-0.05, 0) is 217 Å². The number of rotatable bonds is 16. The second kappa shape index (κ2) is 33.1. The standard InChI is InChI=1S/2C22H23FN6O.C22H22FN5O2.C22H24N6O/c1-14-3-6-21(24-12-14)27(2)19-9-15-10-20(19)28(13-15)22(30)17-11-16(23)4-5-18(17)29-25-7-8-26-29;1-14-6-7-20(24-12-14)27(2)18-10-15-11-19(18)28(13-15)22(30)16-4-3-5-17(23)21(16)29-25-8-9-26-29;1-12-3-6-20(24-10-12)26-18-7-14-8-19(18)28(11-14)22(29)16-5-4-15(23)9-17(16)21-25-13(2)27-30-21;1-15-7-8-21(23-13-15)26(2)19-11-16-12-20(19)27(14-16)22(29)17-5-3-4-6-18(17)28-24-9-10-25-28/h3-8,11-12,15,19-20H,9-10,13H2,1-2H3;3-9,12,15,18-19H,10-11,13H2,1-2H3;3-6,9-10,14,18-19H,7-8,11H2,1-2H3,(H,24,26);3-10,13,16,19-20H,11-12,14H2,1-2H3. The Kier molecular flexibility index (Phi) is 21.8. The fourth-order valence-corrected chi connectivity index (χ4v) is 19.1. The van der Waals surface area contributed by atoms with Gasteiger partial charge in [0.2, 0.25) is 0 Å². The van der Waals surface area contributed by atoms with Crippen LogP contribution in [0.4, 0.5) is 36.4 Å². The van der Waals surface area contributed by atoms with Gasteiger partial charge in [-0.3, -0.25) is 19.2 Å². The number of halogens is 3. The van der Waals surface area contributed by atoms with Crippen molar-refractivity contribution in [2.24, 2.45) is 23.7 Å². The number of para-hydroxylation sites is 2. The summed E-state index contributed by atoms with van der Waals surface area (Å²) in [5, 5.41) is 32.0. The Hall–Kier alpha value is -13.1. The minimum absolute atomic E-state index is 0.0559. The number of benzene rings is 4. The van der Waals surface area contributed by atoms with Crippen LogP contribution in [0.5, 0.6) is 0 Å². The Bertz CT molecular complexity index is 5540. The minimum Gasteiger partial charge on any atom is -0.365 e. The van der Waals surface area contributed by atoms with Crippen molar-refractivity contribution in [3.8, 4) is 28.5 Å². The summed E-state index contributed by atoms with van der Waals surface area (Å²) in [5.41, 5.74) is 7.70. The number of likely N-dealkylation sites (tertiary alicyclic amines) is 4. The third kappa shape index (κ3) is 16.0. The molecule has 12 heterocycles. The van der Waals surface area contributed by atoms with Gasteiger partial charge in [0.1, 0.15) is 40.6 Å². The number of pyridine rings is 4. The second-order valence-corrected chi connectivity index (χ2v) is 32.6. The van der Waals surface area contributed by atoms with Crippen molar-refractivity contribution in [1.82, 2.24) is 94.7 Å². The van der Waals surface area contributed by atoms with Crippen LogP contribution in [0.2, 0.25) is 0 Å². The molecule has 4 aliphatic heterocycles. The third-order valence-corrected chi connectivity index (χ3v) is 24.8. The topological polar surface area (TPSA) is 286 Å². The Morgan fingerprint density at radius 2 is 0.832 bits per heavy atom. The quantitative estimate of drug-likeness (QED) is 0.0940. The smallest absolute Gasteiger partial charge is 0.258 e. The van der Waals surface area contributed by atoms with Gasteiger partial charge in [-0.2, -0.15) is 45.2 Å². The molecule has 31 heteroatoms. The van der Waals surface area contributed by atoms with E-state index in [1.54, 1.807) is 37.5 Å². The molecule has 8 bridgehead atoms. The first-order valence-corrected chi connectivity index (χ1v) is 40.4. The zero-order chi connectivity index (χ0) is 82.4. The normalized spacial score (nSPS) is 22.6. The molecule has 8 fully saturated rings. The van der Waals surface area contributed by atoms with Gasteiger partial charge in [0.05, 0.1) is 119 Å². The van der Waals surface area contributed by atoms with Gasteiger partial charge in [-0.15, -0.1) is 4.80 Å². The van der Waals surface area contributed by atoms with Crippen molar-refractivity contribution in [2.45, 2.75) is 134 Å². The zero-order valence-corrected chi connectivity index (χ0v) is 67.3. The van der Waals surface area contributed by atoms with Crippen LogP contribution in [0, 0.1) is 75.7 Å². The number of nitrogens with zero attached hydrogens (tertiary/aromatic N) is 22. The van der Waals surface area contributed by atoms with E-state index in [0.717, 1.165) is 109 Å². The molecule has 8 aromatic heterocycles. The Morgan fingerprint density at radius 1 is 0.412 bits per heavy atom. The van der Waals surface area contributed by atoms with E-state index in [0.29, 0.717) is 71.5 Å². The van der Waals surface area contributed by atoms with Crippen LogP contribution in [-0.2, 0) is 0 Å². The first kappa shape index (κ1) is 78.4. The van der Waals surface area contributed by atoms with Crippen molar-refractivity contribution < 1.29 is 36.9 Å². The molecule has 20 rings (SSSR count). The number of carbonyl (C=O) groups is 4. The first-order valence-electron chi connectivity index (χ1n) is 40.4. The fourth-order valence-electron chi connectivity index (χ4n) is 19.1. The number of piperidine rings is 4. The fraction of sp³-hybridized carbons (Fsp3) is 0.364. The Balaban J connectivity index is 0.000000113. The van der Waals surface area contributed by atoms with Crippen LogP contribution in [0.15, 0.2) is 194 Å². The van der Waals surface area contributed by atoms with Crippen LogP contribution in [-0.4, -0.2) is 214 Å². The van der Waals surface area contributed by atoms with E-state index >= 15 is 0 Å². The summed E-state index contributed by atoms with van der Waals surface area (Å²) in [7, 11) is 6.16. The first-order chi connectivity index (χ1) is 57.6. The van der Waals surface area contributed by atoms with Crippen molar-refractivity contribution in [3.05, 3.63) is 257 Å². The van der Waals surface area contributed by atoms with Gasteiger partial charge in [0, 0.05) is 78.2 Å². The lowest BCUT2D eigenvalue weighted by molar-refractivity contribution is 0.0675. The molecule has 8 aliphatic rings. The van der Waals surface area contributed by atoms with Gasteiger partial charge < -0.3 is 44.1 Å². The maximum absolute atomic E-state index is 14.6. The zero-order valence-electron chi connectivity index (χ0n) is 67.3. The molecule has 4 aromatic carbocycles. The molecule has 28 nitrogen and oxygen atoms in total. The van der Waals surface area contributed by atoms with E-state index in [4.69, 9.17) is 4.52 Å². The van der Waals surface area contributed by atoms with E-state index in [1.165, 1.54) is 75.6 Å². The number of hydrogen-bond donors (Lipinski definition) is 1. The summed E-state index contributed by atoms with van der Waals surface area (Å²) in [6, 6.07) is 37.8. The molecule has 610 valence electrons. The molecule has 4 amide bonds. The molecular weight excluding hydrogens is 1520 g/mol. The van der Waals surface area contributed by atoms with E-state index in [9.17, 15) is 32.3 Å². The number of aromatic nitrogens is 15. The van der Waals surface area contributed by atoms with Crippen LogP contribution >= 0.6 is 0 Å². The SMILES string of the molecule is Cc1ccc(N(C)C2CC3CC2N(C(=O)c2cc(F)ccc2-n2nccn2)C3)nc1.Cc1ccc(N(C)C2CC3CC2N(C(=O)c2cccc(F)c2-n2nccn2)C3)nc1.Cc1ccc(N(C)C2CC3CC2N(C(=O)c2ccccc2-n2nccn2)C3)nc1.Cc1ccc(NC2CC3CC2N(C(=O)c2ccc(F)cc2-c2nc(C)no2)C3)nc1.